The smallest absolute Gasteiger partial charge is 0.246 e. The van der Waals surface area contributed by atoms with Crippen LogP contribution in [0, 0.1) is 17.8 Å². The summed E-state index contributed by atoms with van der Waals surface area (Å²) in [6.45, 7) is 14.9. The number of hydrogen-bond donors (Lipinski definition) is 2. The van der Waals surface area contributed by atoms with Crippen molar-refractivity contribution in [2.45, 2.75) is 111 Å². The lowest BCUT2D eigenvalue weighted by molar-refractivity contribution is -0.153. The summed E-state index contributed by atoms with van der Waals surface area (Å²) >= 11 is 5.99. The maximum Gasteiger partial charge on any atom is 0.246 e. The number of amides is 5. The first-order valence-corrected chi connectivity index (χ1v) is 20.9. The number of rotatable bonds is 18. The molecule has 1 fully saturated rings. The molecular formula is C46H63ClN6O5. The largest absolute Gasteiger partial charge is 0.350 e. The molecule has 3 aromatic carbocycles. The van der Waals surface area contributed by atoms with Gasteiger partial charge >= 0.3 is 0 Å². The van der Waals surface area contributed by atoms with Gasteiger partial charge in [-0.15, -0.1) is 0 Å². The van der Waals surface area contributed by atoms with Crippen molar-refractivity contribution in [2.24, 2.45) is 17.8 Å². The lowest BCUT2D eigenvalue weighted by Crippen LogP contribution is -2.61. The van der Waals surface area contributed by atoms with E-state index in [1.807, 2.05) is 114 Å². The molecular weight excluding hydrogens is 752 g/mol. The summed E-state index contributed by atoms with van der Waals surface area (Å²) in [6.07, 6.45) is 1.06. The number of likely N-dealkylation sites (N-methyl/N-ethyl adjacent to an activating group) is 2. The van der Waals surface area contributed by atoms with Gasteiger partial charge in [-0.05, 0) is 66.3 Å². The van der Waals surface area contributed by atoms with Gasteiger partial charge in [-0.25, -0.2) is 0 Å². The molecule has 0 saturated carbocycles. The summed E-state index contributed by atoms with van der Waals surface area (Å²) in [5.74, 6) is -2.29. The molecule has 1 saturated heterocycles. The lowest BCUT2D eigenvalue weighted by atomic mass is 9.95. The predicted octanol–water partition coefficient (Wildman–Crippen LogP) is 6.14. The van der Waals surface area contributed by atoms with Crippen LogP contribution >= 0.6 is 11.6 Å². The fourth-order valence-electron chi connectivity index (χ4n) is 7.78. The standard InChI is InChI=1S/C46H63ClN6O5/c1-30(2)39(49-43(55)40(31(3)4)52(28-35-17-12-10-13-18-35)29-36-19-14-11-15-20-36)45(57)51(9)41(32(5)6)46(58)53-26-16-21-38(53)44(56)50(8)33(7)42(54)48-27-34-22-24-37(47)25-23-34/h10-15,17-20,22-25,30-33,38-41H,16,21,26-29H2,1-9H3,(H,48,54)(H,49,55)/t33-,38+,39+,40+,41+/m1/s1. The highest BCUT2D eigenvalue weighted by Crippen LogP contribution is 2.26. The Morgan fingerprint density at radius 2 is 1.22 bits per heavy atom. The Morgan fingerprint density at radius 3 is 1.72 bits per heavy atom. The lowest BCUT2D eigenvalue weighted by Gasteiger charge is -2.39. The van der Waals surface area contributed by atoms with Crippen LogP contribution in [0.15, 0.2) is 84.9 Å². The van der Waals surface area contributed by atoms with Crippen LogP contribution < -0.4 is 10.6 Å². The fourth-order valence-corrected chi connectivity index (χ4v) is 7.91. The molecule has 0 radical (unpaired) electrons. The minimum absolute atomic E-state index is 0.0851. The van der Waals surface area contributed by atoms with E-state index in [1.165, 1.54) is 9.80 Å². The molecule has 2 N–H and O–H groups in total. The van der Waals surface area contributed by atoms with Crippen LogP contribution in [-0.4, -0.2) is 100.0 Å². The zero-order valence-electron chi connectivity index (χ0n) is 35.7. The Balaban J connectivity index is 1.49. The molecule has 1 aliphatic heterocycles. The number of halogens is 1. The number of carbonyl (C=O) groups is 5. The number of nitrogens with zero attached hydrogens (tertiary/aromatic N) is 4. The summed E-state index contributed by atoms with van der Waals surface area (Å²) in [6, 6.07) is 23.3. The molecule has 1 aliphatic rings. The molecule has 0 aliphatic carbocycles. The Morgan fingerprint density at radius 1 is 0.690 bits per heavy atom. The van der Waals surface area contributed by atoms with Gasteiger partial charge in [-0.2, -0.15) is 0 Å². The maximum atomic E-state index is 14.5. The van der Waals surface area contributed by atoms with E-state index in [1.54, 1.807) is 38.1 Å². The van der Waals surface area contributed by atoms with Gasteiger partial charge in [-0.1, -0.05) is 126 Å². The van der Waals surface area contributed by atoms with Crippen LogP contribution in [0.3, 0.4) is 0 Å². The SMILES string of the molecule is CC(C)[C@H](NC(=O)[C@H](C(C)C)N(Cc1ccccc1)Cc1ccccc1)C(=O)N(C)[C@H](C(=O)N1CCC[C@H]1C(=O)N(C)[C@H](C)C(=O)NCc1ccc(Cl)cc1)C(C)C. The average molecular weight is 816 g/mol. The molecule has 12 heteroatoms. The topological polar surface area (TPSA) is 122 Å². The first-order chi connectivity index (χ1) is 27.5. The minimum atomic E-state index is -0.905. The zero-order valence-corrected chi connectivity index (χ0v) is 36.4. The second kappa shape index (κ2) is 21.3. The van der Waals surface area contributed by atoms with Crippen molar-refractivity contribution < 1.29 is 24.0 Å². The molecule has 314 valence electrons. The summed E-state index contributed by atoms with van der Waals surface area (Å²) in [5, 5.41) is 6.60. The first kappa shape index (κ1) is 46.0. The van der Waals surface area contributed by atoms with Gasteiger partial charge in [0.25, 0.3) is 0 Å². The van der Waals surface area contributed by atoms with Crippen LogP contribution in [-0.2, 0) is 43.6 Å². The molecule has 4 rings (SSSR count). The van der Waals surface area contributed by atoms with E-state index in [-0.39, 0.29) is 53.8 Å². The van der Waals surface area contributed by atoms with Crippen molar-refractivity contribution in [3.8, 4) is 0 Å². The highest BCUT2D eigenvalue weighted by atomic mass is 35.5. The van der Waals surface area contributed by atoms with Crippen molar-refractivity contribution in [3.05, 3.63) is 107 Å². The van der Waals surface area contributed by atoms with Crippen molar-refractivity contribution in [2.75, 3.05) is 20.6 Å². The molecule has 0 spiro atoms. The highest BCUT2D eigenvalue weighted by molar-refractivity contribution is 6.30. The van der Waals surface area contributed by atoms with Crippen molar-refractivity contribution in [1.82, 2.24) is 30.2 Å². The summed E-state index contributed by atoms with van der Waals surface area (Å²) in [4.78, 5) is 77.0. The van der Waals surface area contributed by atoms with E-state index in [2.05, 4.69) is 15.5 Å². The van der Waals surface area contributed by atoms with E-state index in [9.17, 15) is 24.0 Å². The Hall–Kier alpha value is -4.74. The normalized spacial score (nSPS) is 16.2. The van der Waals surface area contributed by atoms with E-state index >= 15 is 0 Å². The quantitative estimate of drug-likeness (QED) is 0.159. The molecule has 0 unspecified atom stereocenters. The van der Waals surface area contributed by atoms with Gasteiger partial charge in [0.2, 0.25) is 29.5 Å². The van der Waals surface area contributed by atoms with E-state index in [0.717, 1.165) is 16.7 Å². The van der Waals surface area contributed by atoms with Crippen molar-refractivity contribution in [3.63, 3.8) is 0 Å². The fraction of sp³-hybridized carbons (Fsp3) is 0.500. The second-order valence-electron chi connectivity index (χ2n) is 16.6. The molecule has 0 aromatic heterocycles. The van der Waals surface area contributed by atoms with Crippen molar-refractivity contribution in [1.29, 1.82) is 0 Å². The molecule has 5 amide bonds. The number of hydrogen-bond acceptors (Lipinski definition) is 6. The van der Waals surface area contributed by atoms with E-state index < -0.39 is 30.2 Å². The van der Waals surface area contributed by atoms with Gasteiger partial charge in [-0.3, -0.25) is 28.9 Å². The highest BCUT2D eigenvalue weighted by Gasteiger charge is 2.44. The van der Waals surface area contributed by atoms with Crippen LogP contribution in [0.1, 0.15) is 78.0 Å². The zero-order chi connectivity index (χ0) is 42.7. The van der Waals surface area contributed by atoms with Crippen LogP contribution in [0.4, 0.5) is 0 Å². The average Bonchev–Trinajstić information content (AvgIpc) is 3.69. The molecule has 0 bridgehead atoms. The minimum Gasteiger partial charge on any atom is -0.350 e. The summed E-state index contributed by atoms with van der Waals surface area (Å²) < 4.78 is 0. The van der Waals surface area contributed by atoms with Gasteiger partial charge in [0.1, 0.15) is 24.2 Å². The van der Waals surface area contributed by atoms with Crippen LogP contribution in [0.2, 0.25) is 5.02 Å². The van der Waals surface area contributed by atoms with Crippen LogP contribution in [0.5, 0.6) is 0 Å². The number of likely N-dealkylation sites (tertiary alicyclic amines) is 1. The monoisotopic (exact) mass is 814 g/mol. The third kappa shape index (κ3) is 11.9. The summed E-state index contributed by atoms with van der Waals surface area (Å²) in [5.41, 5.74) is 3.02. The molecule has 5 atom stereocenters. The first-order valence-electron chi connectivity index (χ1n) is 20.5. The number of benzene rings is 3. The predicted molar refractivity (Wildman–Crippen MR) is 229 cm³/mol. The second-order valence-corrected chi connectivity index (χ2v) is 17.0. The third-order valence-corrected chi connectivity index (χ3v) is 11.4. The molecule has 58 heavy (non-hydrogen) atoms. The third-order valence-electron chi connectivity index (χ3n) is 11.1. The Labute approximate surface area is 350 Å². The van der Waals surface area contributed by atoms with E-state index in [4.69, 9.17) is 11.6 Å². The number of nitrogens with one attached hydrogen (secondary N) is 2. The van der Waals surface area contributed by atoms with Gasteiger partial charge in [0.15, 0.2) is 0 Å². The molecule has 3 aromatic rings. The number of carbonyl (C=O) groups excluding carboxylic acids is 5. The van der Waals surface area contributed by atoms with Gasteiger partial charge < -0.3 is 25.3 Å². The van der Waals surface area contributed by atoms with Crippen LogP contribution in [0.25, 0.3) is 0 Å². The van der Waals surface area contributed by atoms with Crippen molar-refractivity contribution >= 4 is 41.1 Å². The Kier molecular flexibility index (Phi) is 16.9. The maximum absolute atomic E-state index is 14.5. The summed E-state index contributed by atoms with van der Waals surface area (Å²) in [7, 11) is 3.18. The molecule has 11 nitrogen and oxygen atoms in total. The van der Waals surface area contributed by atoms with Gasteiger partial charge in [0.05, 0.1) is 6.04 Å². The van der Waals surface area contributed by atoms with Gasteiger partial charge in [0, 0.05) is 45.3 Å². The molecule has 1 heterocycles. The van der Waals surface area contributed by atoms with E-state index in [0.29, 0.717) is 37.5 Å². The Bertz CT molecular complexity index is 1780.